The van der Waals surface area contributed by atoms with Gasteiger partial charge in [0.15, 0.2) is 0 Å². The van der Waals surface area contributed by atoms with Crippen LogP contribution in [0.25, 0.3) is 11.4 Å². The number of nitrogens with zero attached hydrogens (tertiary/aromatic N) is 3. The van der Waals surface area contributed by atoms with E-state index in [0.717, 1.165) is 5.56 Å². The monoisotopic (exact) mass is 295 g/mol. The van der Waals surface area contributed by atoms with Gasteiger partial charge in [-0.05, 0) is 47.7 Å². The van der Waals surface area contributed by atoms with Crippen LogP contribution in [0.15, 0.2) is 48.5 Å². The van der Waals surface area contributed by atoms with Crippen molar-refractivity contribution in [2.24, 2.45) is 0 Å². The first-order valence-electron chi connectivity index (χ1n) is 6.55. The molecule has 3 rings (SSSR count). The first-order chi connectivity index (χ1) is 10.8. The van der Waals surface area contributed by atoms with Gasteiger partial charge in [-0.25, -0.2) is 0 Å². The minimum absolute atomic E-state index is 0.203. The topological polar surface area (TPSA) is 92.8 Å². The standard InChI is InChI=1S/C15H13N5O2/c1-22-13-4-2-3-11(9-13)15(21)16-12-7-5-10(6-8-12)14-17-19-20-18-14/h2-9H,1H3,(H,16,21)(H,17,18,19,20). The molecule has 0 aliphatic rings. The molecular weight excluding hydrogens is 282 g/mol. The third-order valence-electron chi connectivity index (χ3n) is 3.08. The maximum absolute atomic E-state index is 12.2. The molecule has 0 aliphatic heterocycles. The molecule has 0 bridgehead atoms. The van der Waals surface area contributed by atoms with Gasteiger partial charge < -0.3 is 10.1 Å². The Kier molecular flexibility index (Phi) is 3.78. The normalized spacial score (nSPS) is 10.2. The molecule has 0 unspecified atom stereocenters. The molecule has 0 fully saturated rings. The van der Waals surface area contributed by atoms with Gasteiger partial charge in [0, 0.05) is 16.8 Å². The number of rotatable bonds is 4. The Balaban J connectivity index is 1.74. The Morgan fingerprint density at radius 3 is 2.68 bits per heavy atom. The number of nitrogens with one attached hydrogen (secondary N) is 2. The summed E-state index contributed by atoms with van der Waals surface area (Å²) < 4.78 is 5.11. The van der Waals surface area contributed by atoms with Gasteiger partial charge in [-0.3, -0.25) is 4.79 Å². The van der Waals surface area contributed by atoms with Crippen molar-refractivity contribution < 1.29 is 9.53 Å². The zero-order valence-corrected chi connectivity index (χ0v) is 11.8. The lowest BCUT2D eigenvalue weighted by Gasteiger charge is -2.07. The second kappa shape index (κ2) is 6.04. The average molecular weight is 295 g/mol. The predicted molar refractivity (Wildman–Crippen MR) is 80.6 cm³/mol. The van der Waals surface area contributed by atoms with Gasteiger partial charge in [0.25, 0.3) is 5.91 Å². The molecule has 2 N–H and O–H groups in total. The van der Waals surface area contributed by atoms with Gasteiger partial charge in [0.1, 0.15) is 5.75 Å². The Bertz CT molecular complexity index is 769. The molecule has 0 saturated carbocycles. The number of methoxy groups -OCH3 is 1. The molecule has 2 aromatic carbocycles. The molecule has 1 aromatic heterocycles. The second-order valence-corrected chi connectivity index (χ2v) is 4.50. The van der Waals surface area contributed by atoms with E-state index in [9.17, 15) is 4.79 Å². The third kappa shape index (κ3) is 2.93. The maximum Gasteiger partial charge on any atom is 0.255 e. The number of carbonyl (C=O) groups is 1. The number of anilines is 1. The van der Waals surface area contributed by atoms with Crippen molar-refractivity contribution in [1.82, 2.24) is 20.6 Å². The van der Waals surface area contributed by atoms with Gasteiger partial charge in [-0.1, -0.05) is 6.07 Å². The SMILES string of the molecule is COc1cccc(C(=O)Nc2ccc(-c3nn[nH]n3)cc2)c1. The van der Waals surface area contributed by atoms with E-state index >= 15 is 0 Å². The summed E-state index contributed by atoms with van der Waals surface area (Å²) in [6, 6.07) is 14.2. The van der Waals surface area contributed by atoms with Crippen LogP contribution >= 0.6 is 0 Å². The van der Waals surface area contributed by atoms with Crippen LogP contribution in [0.3, 0.4) is 0 Å². The van der Waals surface area contributed by atoms with Crippen molar-refractivity contribution in [2.45, 2.75) is 0 Å². The average Bonchev–Trinajstić information content (AvgIpc) is 3.10. The Labute approximate surface area is 126 Å². The highest BCUT2D eigenvalue weighted by Crippen LogP contribution is 2.18. The Morgan fingerprint density at radius 1 is 1.18 bits per heavy atom. The Hall–Kier alpha value is -3.22. The minimum Gasteiger partial charge on any atom is -0.497 e. The van der Waals surface area contributed by atoms with E-state index in [0.29, 0.717) is 22.8 Å². The number of aromatic nitrogens is 4. The number of carbonyl (C=O) groups excluding carboxylic acids is 1. The van der Waals surface area contributed by atoms with Gasteiger partial charge >= 0.3 is 0 Å². The fraction of sp³-hybridized carbons (Fsp3) is 0.0667. The van der Waals surface area contributed by atoms with E-state index in [2.05, 4.69) is 25.9 Å². The molecule has 7 heteroatoms. The highest BCUT2D eigenvalue weighted by molar-refractivity contribution is 6.04. The largest absolute Gasteiger partial charge is 0.497 e. The summed E-state index contributed by atoms with van der Waals surface area (Å²) in [6.07, 6.45) is 0. The summed E-state index contributed by atoms with van der Waals surface area (Å²) in [5.41, 5.74) is 2.02. The summed E-state index contributed by atoms with van der Waals surface area (Å²) in [5.74, 6) is 0.942. The Morgan fingerprint density at radius 2 is 2.00 bits per heavy atom. The van der Waals surface area contributed by atoms with Crippen LogP contribution in [-0.2, 0) is 0 Å². The fourth-order valence-corrected chi connectivity index (χ4v) is 1.95. The summed E-state index contributed by atoms with van der Waals surface area (Å²) >= 11 is 0. The number of H-pyrrole nitrogens is 1. The number of tetrazole rings is 1. The zero-order chi connectivity index (χ0) is 15.4. The summed E-state index contributed by atoms with van der Waals surface area (Å²) in [7, 11) is 1.56. The number of hydrogen-bond acceptors (Lipinski definition) is 5. The summed E-state index contributed by atoms with van der Waals surface area (Å²) in [4.78, 5) is 12.2. The quantitative estimate of drug-likeness (QED) is 0.769. The number of benzene rings is 2. The molecule has 1 heterocycles. The van der Waals surface area contributed by atoms with Gasteiger partial charge in [0.05, 0.1) is 7.11 Å². The lowest BCUT2D eigenvalue weighted by atomic mass is 10.1. The summed E-state index contributed by atoms with van der Waals surface area (Å²) in [5, 5.41) is 16.5. The van der Waals surface area contributed by atoms with E-state index in [1.54, 1.807) is 43.5 Å². The molecule has 0 aliphatic carbocycles. The van der Waals surface area contributed by atoms with Crippen molar-refractivity contribution in [3.05, 3.63) is 54.1 Å². The second-order valence-electron chi connectivity index (χ2n) is 4.50. The van der Waals surface area contributed by atoms with Crippen LogP contribution in [0, 0.1) is 0 Å². The molecule has 0 spiro atoms. The maximum atomic E-state index is 12.2. The van der Waals surface area contributed by atoms with Crippen molar-refractivity contribution in [3.63, 3.8) is 0 Å². The van der Waals surface area contributed by atoms with Gasteiger partial charge in [-0.2, -0.15) is 5.21 Å². The van der Waals surface area contributed by atoms with Gasteiger partial charge in [0.2, 0.25) is 5.82 Å². The first-order valence-corrected chi connectivity index (χ1v) is 6.55. The van der Waals surface area contributed by atoms with E-state index in [-0.39, 0.29) is 5.91 Å². The molecule has 0 radical (unpaired) electrons. The van der Waals surface area contributed by atoms with E-state index < -0.39 is 0 Å². The number of ether oxygens (including phenoxy) is 1. The van der Waals surface area contributed by atoms with Crippen LogP contribution in [0.1, 0.15) is 10.4 Å². The minimum atomic E-state index is -0.203. The number of aromatic amines is 1. The van der Waals surface area contributed by atoms with E-state index in [1.165, 1.54) is 0 Å². The lowest BCUT2D eigenvalue weighted by Crippen LogP contribution is -2.11. The van der Waals surface area contributed by atoms with Crippen LogP contribution in [0.5, 0.6) is 5.75 Å². The highest BCUT2D eigenvalue weighted by Gasteiger charge is 2.08. The van der Waals surface area contributed by atoms with Crippen LogP contribution in [0.2, 0.25) is 0 Å². The number of amides is 1. The predicted octanol–water partition coefficient (Wildman–Crippen LogP) is 2.13. The molecule has 7 nitrogen and oxygen atoms in total. The third-order valence-corrected chi connectivity index (χ3v) is 3.08. The van der Waals surface area contributed by atoms with Crippen LogP contribution < -0.4 is 10.1 Å². The van der Waals surface area contributed by atoms with Crippen molar-refractivity contribution in [3.8, 4) is 17.1 Å². The molecular formula is C15H13N5O2. The van der Waals surface area contributed by atoms with Crippen molar-refractivity contribution >= 4 is 11.6 Å². The van der Waals surface area contributed by atoms with Gasteiger partial charge in [-0.15, -0.1) is 10.2 Å². The van der Waals surface area contributed by atoms with E-state index in [4.69, 9.17) is 4.74 Å². The highest BCUT2D eigenvalue weighted by atomic mass is 16.5. The smallest absolute Gasteiger partial charge is 0.255 e. The molecule has 1 amide bonds. The molecule has 110 valence electrons. The van der Waals surface area contributed by atoms with Crippen LogP contribution in [0.4, 0.5) is 5.69 Å². The molecule has 3 aromatic rings. The van der Waals surface area contributed by atoms with Crippen molar-refractivity contribution in [2.75, 3.05) is 12.4 Å². The van der Waals surface area contributed by atoms with E-state index in [1.807, 2.05) is 12.1 Å². The first kappa shape index (κ1) is 13.7. The number of hydrogen-bond donors (Lipinski definition) is 2. The van der Waals surface area contributed by atoms with Crippen molar-refractivity contribution in [1.29, 1.82) is 0 Å². The van der Waals surface area contributed by atoms with Crippen LogP contribution in [-0.4, -0.2) is 33.6 Å². The molecule has 0 atom stereocenters. The summed E-state index contributed by atoms with van der Waals surface area (Å²) in [6.45, 7) is 0. The fourth-order valence-electron chi connectivity index (χ4n) is 1.95. The molecule has 22 heavy (non-hydrogen) atoms. The lowest BCUT2D eigenvalue weighted by molar-refractivity contribution is 0.102. The zero-order valence-electron chi connectivity index (χ0n) is 11.8. The molecule has 0 saturated heterocycles.